The van der Waals surface area contributed by atoms with E-state index in [4.69, 9.17) is 23.0 Å². The van der Waals surface area contributed by atoms with Gasteiger partial charge in [0.2, 0.25) is 0 Å². The molecule has 0 saturated heterocycles. The molecular weight excluding hydrogens is 560 g/mol. The second kappa shape index (κ2) is 17.6. The average molecular weight is 581 g/mol. The molecule has 0 saturated carbocycles. The van der Waals surface area contributed by atoms with Crippen molar-refractivity contribution in [3.05, 3.63) is 79.5 Å². The zero-order valence-corrected chi connectivity index (χ0v) is 21.2. The first-order valence-corrected chi connectivity index (χ1v) is 11.2. The Morgan fingerprint density at radius 1 is 0.919 bits per heavy atom. The van der Waals surface area contributed by atoms with E-state index in [0.29, 0.717) is 11.9 Å². The topological polar surface area (TPSA) is 177 Å². The van der Waals surface area contributed by atoms with Crippen LogP contribution in [0, 0.1) is 33.4 Å². The van der Waals surface area contributed by atoms with Gasteiger partial charge in [0, 0.05) is 12.1 Å². The highest BCUT2D eigenvalue weighted by Crippen LogP contribution is 2.31. The number of carbonyl (C=O) groups is 2. The second-order valence-corrected chi connectivity index (χ2v) is 6.66. The van der Waals surface area contributed by atoms with E-state index in [9.17, 15) is 29.8 Å². The van der Waals surface area contributed by atoms with Gasteiger partial charge in [-0.3, -0.25) is 25.0 Å². The van der Waals surface area contributed by atoms with Crippen molar-refractivity contribution in [2.45, 2.75) is 13.8 Å². The Kier molecular flexibility index (Phi) is 15.4. The van der Waals surface area contributed by atoms with Crippen molar-refractivity contribution in [2.75, 3.05) is 25.2 Å². The number of phenols is 1. The third-order valence-corrected chi connectivity index (χ3v) is 4.08. The van der Waals surface area contributed by atoms with Crippen molar-refractivity contribution in [1.29, 1.82) is 0 Å². The molecule has 0 aliphatic rings. The summed E-state index contributed by atoms with van der Waals surface area (Å²) in [5.41, 5.74) is -0.527. The van der Waals surface area contributed by atoms with E-state index in [0.717, 1.165) is 18.2 Å². The van der Waals surface area contributed by atoms with Crippen LogP contribution >= 0.6 is 15.9 Å². The number of hydrogen-bond donors (Lipinski definition) is 1. The molecule has 1 N–H and O–H groups in total. The summed E-state index contributed by atoms with van der Waals surface area (Å²) < 4.78 is 14.1. The standard InChI is InChI=1S/C11H10N2O5.C7H4N2O3.C4H7BrO2/c1-3-17-11(14)7-18-10-5-4-8(12-2)6-9(10)13(15)16;1-8-5-2-3-7(10)6(4-5)9(11)12;1-2-7-4(6)3-5/h4-6H,3,7H2,1H3;2-4,10H;2-3H2,1H3. The number of esters is 2. The van der Waals surface area contributed by atoms with E-state index in [1.165, 1.54) is 18.2 Å². The summed E-state index contributed by atoms with van der Waals surface area (Å²) in [4.78, 5) is 46.9. The quantitative estimate of drug-likeness (QED) is 0.149. The fraction of sp³-hybridized carbons (Fsp3) is 0.273. The largest absolute Gasteiger partial charge is 0.502 e. The molecule has 14 nitrogen and oxygen atoms in total. The van der Waals surface area contributed by atoms with Gasteiger partial charge in [0.05, 0.1) is 36.2 Å². The van der Waals surface area contributed by atoms with Crippen LogP contribution in [0.2, 0.25) is 0 Å². The van der Waals surface area contributed by atoms with Crippen LogP contribution in [0.4, 0.5) is 22.7 Å². The van der Waals surface area contributed by atoms with Crippen molar-refractivity contribution in [2.24, 2.45) is 0 Å². The molecule has 0 aliphatic carbocycles. The van der Waals surface area contributed by atoms with Crippen LogP contribution in [0.15, 0.2) is 36.4 Å². The van der Waals surface area contributed by atoms with Crippen LogP contribution in [-0.2, 0) is 19.1 Å². The molecule has 0 amide bonds. The van der Waals surface area contributed by atoms with E-state index >= 15 is 0 Å². The number of nitro groups is 2. The van der Waals surface area contributed by atoms with Crippen molar-refractivity contribution in [1.82, 2.24) is 0 Å². The first-order chi connectivity index (χ1) is 17.5. The third kappa shape index (κ3) is 12.5. The molecule has 2 aromatic carbocycles. The zero-order valence-electron chi connectivity index (χ0n) is 19.6. The number of halogens is 1. The van der Waals surface area contributed by atoms with E-state index in [-0.39, 0.29) is 35.4 Å². The van der Waals surface area contributed by atoms with Gasteiger partial charge in [-0.1, -0.05) is 28.1 Å². The van der Waals surface area contributed by atoms with Crippen molar-refractivity contribution in [3.8, 4) is 11.5 Å². The van der Waals surface area contributed by atoms with Gasteiger partial charge in [-0.25, -0.2) is 14.5 Å². The molecule has 2 rings (SSSR count). The number of aromatic hydroxyl groups is 1. The summed E-state index contributed by atoms with van der Waals surface area (Å²) in [5.74, 6) is -1.31. The molecule has 0 spiro atoms. The van der Waals surface area contributed by atoms with Crippen LogP contribution in [0.25, 0.3) is 9.69 Å². The lowest BCUT2D eigenvalue weighted by Gasteiger charge is -2.06. The van der Waals surface area contributed by atoms with Crippen molar-refractivity contribution in [3.63, 3.8) is 0 Å². The Balaban J connectivity index is 0.000000586. The van der Waals surface area contributed by atoms with Crippen molar-refractivity contribution >= 4 is 50.6 Å². The first-order valence-electron chi connectivity index (χ1n) is 10.0. The smallest absolute Gasteiger partial charge is 0.344 e. The van der Waals surface area contributed by atoms with Gasteiger partial charge >= 0.3 is 23.3 Å². The number of nitro benzene ring substituents is 2. The van der Waals surface area contributed by atoms with Crippen LogP contribution in [-0.4, -0.2) is 52.0 Å². The fourth-order valence-corrected chi connectivity index (χ4v) is 2.27. The van der Waals surface area contributed by atoms with Gasteiger partial charge < -0.3 is 19.3 Å². The third-order valence-electron chi connectivity index (χ3n) is 3.62. The molecule has 0 atom stereocenters. The summed E-state index contributed by atoms with van der Waals surface area (Å²) in [6.07, 6.45) is 0. The Morgan fingerprint density at radius 3 is 1.84 bits per heavy atom. The summed E-state index contributed by atoms with van der Waals surface area (Å²) in [6.45, 7) is 17.0. The zero-order chi connectivity index (χ0) is 28.4. The number of alkyl halides is 1. The number of carbonyl (C=O) groups excluding carboxylic acids is 2. The SMILES string of the molecule is CCOC(=O)CBr.[C-]#[N+]c1ccc(O)c([N+](=O)[O-])c1.[C-]#[N+]c1ccc(OCC(=O)OCC)c([N+](=O)[O-])c1. The predicted molar refractivity (Wildman–Crippen MR) is 133 cm³/mol. The van der Waals surface area contributed by atoms with Crippen LogP contribution < -0.4 is 4.74 Å². The van der Waals surface area contributed by atoms with Gasteiger partial charge in [-0.2, -0.15) is 0 Å². The van der Waals surface area contributed by atoms with Gasteiger partial charge in [-0.15, -0.1) is 0 Å². The predicted octanol–water partition coefficient (Wildman–Crippen LogP) is 4.88. The summed E-state index contributed by atoms with van der Waals surface area (Å²) in [6, 6.07) is 7.22. The molecule has 0 fully saturated rings. The molecule has 0 aromatic heterocycles. The normalized spacial score (nSPS) is 9.00. The Labute approximate surface area is 219 Å². The molecule has 0 radical (unpaired) electrons. The highest BCUT2D eigenvalue weighted by atomic mass is 79.9. The maximum absolute atomic E-state index is 11.1. The van der Waals surface area contributed by atoms with Crippen LogP contribution in [0.3, 0.4) is 0 Å². The second-order valence-electron chi connectivity index (χ2n) is 6.10. The average Bonchev–Trinajstić information content (AvgIpc) is 2.88. The first kappa shape index (κ1) is 32.2. The maximum atomic E-state index is 11.1. The molecule has 15 heteroatoms. The van der Waals surface area contributed by atoms with E-state index in [1.54, 1.807) is 13.8 Å². The summed E-state index contributed by atoms with van der Waals surface area (Å²) in [5, 5.41) is 30.2. The van der Waals surface area contributed by atoms with Gasteiger partial charge in [0.15, 0.2) is 29.5 Å². The minimum Gasteiger partial charge on any atom is -0.502 e. The molecule has 0 aliphatic heterocycles. The summed E-state index contributed by atoms with van der Waals surface area (Å²) in [7, 11) is 0. The van der Waals surface area contributed by atoms with Crippen LogP contribution in [0.1, 0.15) is 13.8 Å². The molecule has 37 heavy (non-hydrogen) atoms. The van der Waals surface area contributed by atoms with E-state index in [1.807, 2.05) is 0 Å². The molecule has 196 valence electrons. The number of benzene rings is 2. The van der Waals surface area contributed by atoms with Crippen LogP contribution in [0.5, 0.6) is 11.5 Å². The minimum atomic E-state index is -0.732. The molecular formula is C22H21BrN4O10. The lowest BCUT2D eigenvalue weighted by molar-refractivity contribution is -0.385. The highest BCUT2D eigenvalue weighted by Gasteiger charge is 2.17. The Hall–Kier alpha value is -4.76. The van der Waals surface area contributed by atoms with E-state index in [2.05, 4.69) is 35.1 Å². The summed E-state index contributed by atoms with van der Waals surface area (Å²) >= 11 is 2.94. The van der Waals surface area contributed by atoms with Gasteiger partial charge in [0.1, 0.15) is 5.33 Å². The van der Waals surface area contributed by atoms with E-state index < -0.39 is 33.9 Å². The number of hydrogen-bond acceptors (Lipinski definition) is 10. The number of ether oxygens (including phenoxy) is 3. The highest BCUT2D eigenvalue weighted by molar-refractivity contribution is 9.09. The fourth-order valence-electron chi connectivity index (χ4n) is 2.11. The molecule has 0 heterocycles. The monoisotopic (exact) mass is 580 g/mol. The number of rotatable bonds is 8. The maximum Gasteiger partial charge on any atom is 0.344 e. The van der Waals surface area contributed by atoms with Crippen molar-refractivity contribution < 1.29 is 38.8 Å². The molecule has 0 unspecified atom stereocenters. The Morgan fingerprint density at radius 2 is 1.41 bits per heavy atom. The number of phenolic OH excluding ortho intramolecular Hbond substituents is 1. The minimum absolute atomic E-state index is 0.0690. The molecule has 2 aromatic rings. The lowest BCUT2D eigenvalue weighted by atomic mass is 10.2. The molecule has 0 bridgehead atoms. The Bertz CT molecular complexity index is 1190. The van der Waals surface area contributed by atoms with Gasteiger partial charge in [0.25, 0.3) is 0 Å². The number of nitrogens with zero attached hydrogens (tertiary/aromatic N) is 4. The lowest BCUT2D eigenvalue weighted by Crippen LogP contribution is -2.15. The van der Waals surface area contributed by atoms with Gasteiger partial charge in [-0.05, 0) is 26.0 Å².